The highest BCUT2D eigenvalue weighted by molar-refractivity contribution is 9.10. The summed E-state index contributed by atoms with van der Waals surface area (Å²) < 4.78 is 13.9. The summed E-state index contributed by atoms with van der Waals surface area (Å²) in [6, 6.07) is 5.29. The Kier molecular flexibility index (Phi) is 4.54. The first-order valence-electron chi connectivity index (χ1n) is 5.96. The van der Waals surface area contributed by atoms with Crippen LogP contribution in [0, 0.1) is 11.7 Å². The molecule has 1 fully saturated rings. The molecular formula is C13H17BrFNO. The van der Waals surface area contributed by atoms with Crippen LogP contribution in [0.15, 0.2) is 22.7 Å². The minimum absolute atomic E-state index is 0.200. The summed E-state index contributed by atoms with van der Waals surface area (Å²) in [4.78, 5) is 2.32. The van der Waals surface area contributed by atoms with E-state index in [0.29, 0.717) is 10.4 Å². The van der Waals surface area contributed by atoms with Gasteiger partial charge in [0.25, 0.3) is 0 Å². The largest absolute Gasteiger partial charge is 0.396 e. The van der Waals surface area contributed by atoms with Crippen LogP contribution in [0.25, 0.3) is 0 Å². The van der Waals surface area contributed by atoms with E-state index < -0.39 is 0 Å². The van der Waals surface area contributed by atoms with Gasteiger partial charge in [0.1, 0.15) is 5.82 Å². The van der Waals surface area contributed by atoms with Gasteiger partial charge in [-0.2, -0.15) is 0 Å². The monoisotopic (exact) mass is 301 g/mol. The molecule has 17 heavy (non-hydrogen) atoms. The maximum Gasteiger partial charge on any atom is 0.137 e. The Morgan fingerprint density at radius 1 is 1.47 bits per heavy atom. The van der Waals surface area contributed by atoms with E-state index in [9.17, 15) is 4.39 Å². The third kappa shape index (κ3) is 3.50. The van der Waals surface area contributed by atoms with Crippen LogP contribution in [0.4, 0.5) is 4.39 Å². The van der Waals surface area contributed by atoms with Crippen LogP contribution in [0.3, 0.4) is 0 Å². The Morgan fingerprint density at radius 3 is 3.00 bits per heavy atom. The molecule has 2 rings (SSSR count). The molecule has 1 aliphatic rings. The lowest BCUT2D eigenvalue weighted by Gasteiger charge is -2.16. The summed E-state index contributed by atoms with van der Waals surface area (Å²) in [7, 11) is 0. The number of nitrogens with zero attached hydrogens (tertiary/aromatic N) is 1. The molecule has 1 atom stereocenters. The number of hydrogen-bond acceptors (Lipinski definition) is 2. The third-order valence-electron chi connectivity index (χ3n) is 3.30. The zero-order chi connectivity index (χ0) is 12.3. The second-order valence-electron chi connectivity index (χ2n) is 4.65. The van der Waals surface area contributed by atoms with E-state index in [1.807, 2.05) is 6.07 Å². The normalized spacial score (nSPS) is 21.0. The van der Waals surface area contributed by atoms with Gasteiger partial charge in [-0.25, -0.2) is 4.39 Å². The molecule has 0 unspecified atom stereocenters. The van der Waals surface area contributed by atoms with Crippen LogP contribution in [-0.4, -0.2) is 29.7 Å². The Morgan fingerprint density at radius 2 is 2.29 bits per heavy atom. The first-order chi connectivity index (χ1) is 8.19. The van der Waals surface area contributed by atoms with E-state index in [4.69, 9.17) is 5.11 Å². The van der Waals surface area contributed by atoms with Crippen molar-refractivity contribution in [3.63, 3.8) is 0 Å². The highest BCUT2D eigenvalue weighted by Gasteiger charge is 2.21. The number of rotatable bonds is 4. The van der Waals surface area contributed by atoms with Crippen molar-refractivity contribution in [2.75, 3.05) is 19.7 Å². The fraction of sp³-hybridized carbons (Fsp3) is 0.538. The van der Waals surface area contributed by atoms with E-state index in [0.717, 1.165) is 38.0 Å². The number of hydrogen-bond donors (Lipinski definition) is 1. The maximum atomic E-state index is 13.4. The van der Waals surface area contributed by atoms with Crippen LogP contribution < -0.4 is 0 Å². The Bertz CT molecular complexity index is 386. The van der Waals surface area contributed by atoms with Gasteiger partial charge in [0.05, 0.1) is 4.47 Å². The lowest BCUT2D eigenvalue weighted by molar-refractivity contribution is 0.249. The molecule has 0 spiro atoms. The molecule has 2 nitrogen and oxygen atoms in total. The smallest absolute Gasteiger partial charge is 0.137 e. The molecule has 1 N–H and O–H groups in total. The summed E-state index contributed by atoms with van der Waals surface area (Å²) in [5.74, 6) is 0.397. The van der Waals surface area contributed by atoms with E-state index in [-0.39, 0.29) is 12.4 Å². The standard InChI is InChI=1S/C13H17BrFNO/c14-12-2-1-11(7-13(12)15)9-16-5-3-10(8-16)4-6-17/h1-2,7,10,17H,3-6,8-9H2/t10-/m0/s1. The van der Waals surface area contributed by atoms with Gasteiger partial charge in [0, 0.05) is 19.7 Å². The average Bonchev–Trinajstić information content (AvgIpc) is 2.72. The number of halogens is 2. The quantitative estimate of drug-likeness (QED) is 0.924. The highest BCUT2D eigenvalue weighted by Crippen LogP contribution is 2.22. The van der Waals surface area contributed by atoms with Crippen LogP contribution in [0.1, 0.15) is 18.4 Å². The van der Waals surface area contributed by atoms with Crippen molar-refractivity contribution in [2.45, 2.75) is 19.4 Å². The van der Waals surface area contributed by atoms with Crippen molar-refractivity contribution in [3.8, 4) is 0 Å². The van der Waals surface area contributed by atoms with Gasteiger partial charge in [-0.15, -0.1) is 0 Å². The van der Waals surface area contributed by atoms with Crippen molar-refractivity contribution in [1.82, 2.24) is 4.90 Å². The number of likely N-dealkylation sites (tertiary alicyclic amines) is 1. The second-order valence-corrected chi connectivity index (χ2v) is 5.50. The zero-order valence-corrected chi connectivity index (χ0v) is 11.3. The van der Waals surface area contributed by atoms with Crippen molar-refractivity contribution in [2.24, 2.45) is 5.92 Å². The molecule has 0 aliphatic carbocycles. The highest BCUT2D eigenvalue weighted by atomic mass is 79.9. The van der Waals surface area contributed by atoms with Gasteiger partial charge >= 0.3 is 0 Å². The second kappa shape index (κ2) is 5.94. The SMILES string of the molecule is OCC[C@@H]1CCN(Cc2ccc(Br)c(F)c2)C1. The van der Waals surface area contributed by atoms with E-state index in [1.54, 1.807) is 12.1 Å². The van der Waals surface area contributed by atoms with Crippen LogP contribution in [0.5, 0.6) is 0 Å². The van der Waals surface area contributed by atoms with E-state index in [1.165, 1.54) is 0 Å². The van der Waals surface area contributed by atoms with Gasteiger partial charge in [-0.3, -0.25) is 4.90 Å². The molecule has 0 amide bonds. The van der Waals surface area contributed by atoms with Crippen molar-refractivity contribution < 1.29 is 9.50 Å². The summed E-state index contributed by atoms with van der Waals surface area (Å²) >= 11 is 3.16. The van der Waals surface area contributed by atoms with Crippen LogP contribution in [0.2, 0.25) is 0 Å². The maximum absolute atomic E-state index is 13.4. The van der Waals surface area contributed by atoms with E-state index in [2.05, 4.69) is 20.8 Å². The predicted octanol–water partition coefficient (Wildman–Crippen LogP) is 2.79. The summed E-state index contributed by atoms with van der Waals surface area (Å²) in [5.41, 5.74) is 1.01. The molecular weight excluding hydrogens is 285 g/mol. The van der Waals surface area contributed by atoms with Crippen LogP contribution in [-0.2, 0) is 6.54 Å². The first-order valence-corrected chi connectivity index (χ1v) is 6.75. The minimum Gasteiger partial charge on any atom is -0.396 e. The Hall–Kier alpha value is -0.450. The van der Waals surface area contributed by atoms with Gasteiger partial charge in [-0.05, 0) is 58.9 Å². The number of benzene rings is 1. The number of aliphatic hydroxyl groups is 1. The van der Waals surface area contributed by atoms with Crippen molar-refractivity contribution >= 4 is 15.9 Å². The average molecular weight is 302 g/mol. The molecule has 1 saturated heterocycles. The Labute approximate surface area is 110 Å². The fourth-order valence-electron chi connectivity index (χ4n) is 2.37. The molecule has 0 saturated carbocycles. The van der Waals surface area contributed by atoms with Crippen molar-refractivity contribution in [1.29, 1.82) is 0 Å². The minimum atomic E-state index is -0.200. The topological polar surface area (TPSA) is 23.5 Å². The molecule has 4 heteroatoms. The van der Waals surface area contributed by atoms with E-state index >= 15 is 0 Å². The lowest BCUT2D eigenvalue weighted by Crippen LogP contribution is -2.20. The molecule has 0 radical (unpaired) electrons. The molecule has 1 aromatic carbocycles. The zero-order valence-electron chi connectivity index (χ0n) is 9.70. The number of aliphatic hydroxyl groups excluding tert-OH is 1. The lowest BCUT2D eigenvalue weighted by atomic mass is 10.1. The molecule has 1 heterocycles. The summed E-state index contributed by atoms with van der Waals surface area (Å²) in [6.45, 7) is 3.12. The third-order valence-corrected chi connectivity index (χ3v) is 3.94. The molecule has 1 aliphatic heterocycles. The predicted molar refractivity (Wildman–Crippen MR) is 69.2 cm³/mol. The van der Waals surface area contributed by atoms with Gasteiger partial charge in [0.15, 0.2) is 0 Å². The molecule has 1 aromatic rings. The molecule has 94 valence electrons. The summed E-state index contributed by atoms with van der Waals surface area (Å²) in [6.07, 6.45) is 2.02. The van der Waals surface area contributed by atoms with Gasteiger partial charge in [-0.1, -0.05) is 6.07 Å². The fourth-order valence-corrected chi connectivity index (χ4v) is 2.62. The Balaban J connectivity index is 1.91. The van der Waals surface area contributed by atoms with Crippen LogP contribution >= 0.6 is 15.9 Å². The summed E-state index contributed by atoms with van der Waals surface area (Å²) in [5, 5.41) is 8.90. The van der Waals surface area contributed by atoms with Crippen molar-refractivity contribution in [3.05, 3.63) is 34.1 Å². The molecule has 0 aromatic heterocycles. The van der Waals surface area contributed by atoms with Gasteiger partial charge < -0.3 is 5.11 Å². The first kappa shape index (κ1) is 13.0. The van der Waals surface area contributed by atoms with Gasteiger partial charge in [0.2, 0.25) is 0 Å². The molecule has 0 bridgehead atoms.